The molecule has 0 saturated carbocycles. The first-order valence-corrected chi connectivity index (χ1v) is 6.17. The van der Waals surface area contributed by atoms with Crippen molar-refractivity contribution in [1.82, 2.24) is 0 Å². The number of carbonyl (C=O) groups is 1. The van der Waals surface area contributed by atoms with Gasteiger partial charge in [0.2, 0.25) is 5.91 Å². The Morgan fingerprint density at radius 3 is 2.38 bits per heavy atom. The molecule has 3 nitrogen and oxygen atoms in total. The smallest absolute Gasteiger partial charge is 0.229 e. The lowest BCUT2D eigenvalue weighted by Gasteiger charge is -2.17. The SMILES string of the molecule is O=C1CC(O)CN1c1cc(Cl)c(Br)c(Cl)c1. The Balaban J connectivity index is 2.38. The summed E-state index contributed by atoms with van der Waals surface area (Å²) in [6, 6.07) is 3.29. The number of hydrogen-bond acceptors (Lipinski definition) is 2. The van der Waals surface area contributed by atoms with Crippen molar-refractivity contribution in [2.45, 2.75) is 12.5 Å². The van der Waals surface area contributed by atoms with Gasteiger partial charge in [0.15, 0.2) is 0 Å². The molecule has 86 valence electrons. The molecule has 1 atom stereocenters. The number of rotatable bonds is 1. The summed E-state index contributed by atoms with van der Waals surface area (Å²) in [5.74, 6) is -0.123. The Labute approximate surface area is 111 Å². The van der Waals surface area contributed by atoms with Crippen LogP contribution in [0.4, 0.5) is 5.69 Å². The topological polar surface area (TPSA) is 40.5 Å². The van der Waals surface area contributed by atoms with Crippen LogP contribution in [-0.2, 0) is 4.79 Å². The van der Waals surface area contributed by atoms with E-state index in [0.717, 1.165) is 0 Å². The number of β-amino-alcohol motifs (C(OH)–C–C–N with tert-alkyl or cyclic N) is 1. The fraction of sp³-hybridized carbons (Fsp3) is 0.300. The van der Waals surface area contributed by atoms with Crippen molar-refractivity contribution < 1.29 is 9.90 Å². The van der Waals surface area contributed by atoms with E-state index in [-0.39, 0.29) is 18.9 Å². The lowest BCUT2D eigenvalue weighted by Crippen LogP contribution is -2.25. The van der Waals surface area contributed by atoms with Gasteiger partial charge in [0, 0.05) is 5.69 Å². The molecule has 1 amide bonds. The third-order valence-electron chi connectivity index (χ3n) is 2.38. The molecule has 0 bridgehead atoms. The number of halogens is 3. The Morgan fingerprint density at radius 1 is 1.38 bits per heavy atom. The van der Waals surface area contributed by atoms with Crippen LogP contribution in [0.5, 0.6) is 0 Å². The lowest BCUT2D eigenvalue weighted by atomic mass is 10.3. The predicted molar refractivity (Wildman–Crippen MR) is 67.1 cm³/mol. The summed E-state index contributed by atoms with van der Waals surface area (Å²) in [5, 5.41) is 10.3. The minimum atomic E-state index is -0.617. The maximum atomic E-state index is 11.6. The van der Waals surface area contributed by atoms with Gasteiger partial charge in [-0.3, -0.25) is 4.79 Å². The second-order valence-electron chi connectivity index (χ2n) is 3.59. The Bertz CT molecular complexity index is 429. The van der Waals surface area contributed by atoms with Crippen LogP contribution in [0.3, 0.4) is 0 Å². The first kappa shape index (κ1) is 12.2. The Hall–Kier alpha value is -0.290. The van der Waals surface area contributed by atoms with E-state index in [1.54, 1.807) is 12.1 Å². The van der Waals surface area contributed by atoms with E-state index in [4.69, 9.17) is 23.2 Å². The molecular weight excluding hydrogens is 317 g/mol. The summed E-state index contributed by atoms with van der Waals surface area (Å²) >= 11 is 15.1. The van der Waals surface area contributed by atoms with Crippen molar-refractivity contribution in [3.8, 4) is 0 Å². The zero-order valence-electron chi connectivity index (χ0n) is 8.08. The highest BCUT2D eigenvalue weighted by Crippen LogP contribution is 2.35. The van der Waals surface area contributed by atoms with Gasteiger partial charge in [-0.05, 0) is 28.1 Å². The van der Waals surface area contributed by atoms with Crippen molar-refractivity contribution in [1.29, 1.82) is 0 Å². The number of benzene rings is 1. The van der Waals surface area contributed by atoms with Crippen LogP contribution >= 0.6 is 39.1 Å². The van der Waals surface area contributed by atoms with Gasteiger partial charge in [0.05, 0.1) is 33.6 Å². The third-order valence-corrected chi connectivity index (χ3v) is 4.29. The molecule has 0 radical (unpaired) electrons. The van der Waals surface area contributed by atoms with Crippen molar-refractivity contribution in [2.24, 2.45) is 0 Å². The van der Waals surface area contributed by atoms with Crippen LogP contribution in [0.15, 0.2) is 16.6 Å². The fourth-order valence-electron chi connectivity index (χ4n) is 1.64. The van der Waals surface area contributed by atoms with Crippen LogP contribution in [0.2, 0.25) is 10.0 Å². The molecule has 0 spiro atoms. The molecule has 6 heteroatoms. The predicted octanol–water partition coefficient (Wildman–Crippen LogP) is 2.85. The normalized spacial score (nSPS) is 20.6. The van der Waals surface area contributed by atoms with E-state index < -0.39 is 6.10 Å². The molecule has 0 aliphatic carbocycles. The monoisotopic (exact) mass is 323 g/mol. The summed E-state index contributed by atoms with van der Waals surface area (Å²) in [6.45, 7) is 0.285. The van der Waals surface area contributed by atoms with Crippen LogP contribution in [-0.4, -0.2) is 23.7 Å². The lowest BCUT2D eigenvalue weighted by molar-refractivity contribution is -0.117. The second-order valence-corrected chi connectivity index (χ2v) is 5.19. The first-order chi connectivity index (χ1) is 7.49. The number of carbonyl (C=O) groups excluding carboxylic acids is 1. The number of aliphatic hydroxyl groups is 1. The van der Waals surface area contributed by atoms with E-state index in [2.05, 4.69) is 15.9 Å². The van der Waals surface area contributed by atoms with Gasteiger partial charge in [0.1, 0.15) is 0 Å². The molecular formula is C10H8BrCl2NO2. The van der Waals surface area contributed by atoms with Crippen LogP contribution in [0, 0.1) is 0 Å². The first-order valence-electron chi connectivity index (χ1n) is 4.62. The van der Waals surface area contributed by atoms with Gasteiger partial charge in [0.25, 0.3) is 0 Å². The molecule has 1 aromatic carbocycles. The van der Waals surface area contributed by atoms with Gasteiger partial charge in [-0.25, -0.2) is 0 Å². The summed E-state index contributed by atoms with van der Waals surface area (Å²) in [5.41, 5.74) is 0.611. The van der Waals surface area contributed by atoms with Crippen molar-refractivity contribution in [3.05, 3.63) is 26.7 Å². The number of anilines is 1. The quantitative estimate of drug-likeness (QED) is 0.807. The fourth-order valence-corrected chi connectivity index (χ4v) is 2.34. The maximum Gasteiger partial charge on any atom is 0.229 e. The van der Waals surface area contributed by atoms with Crippen LogP contribution in [0.25, 0.3) is 0 Å². The molecule has 0 aromatic heterocycles. The van der Waals surface area contributed by atoms with Crippen LogP contribution < -0.4 is 4.90 Å². The van der Waals surface area contributed by atoms with Gasteiger partial charge in [-0.1, -0.05) is 23.2 Å². The van der Waals surface area contributed by atoms with E-state index >= 15 is 0 Å². The van der Waals surface area contributed by atoms with Gasteiger partial charge in [-0.15, -0.1) is 0 Å². The van der Waals surface area contributed by atoms with Crippen molar-refractivity contribution in [2.75, 3.05) is 11.4 Å². The molecule has 1 aromatic rings. The van der Waals surface area contributed by atoms with Gasteiger partial charge < -0.3 is 10.0 Å². The van der Waals surface area contributed by atoms with E-state index in [1.807, 2.05) is 0 Å². The molecule has 1 unspecified atom stereocenters. The van der Waals surface area contributed by atoms with Crippen molar-refractivity contribution >= 4 is 50.7 Å². The van der Waals surface area contributed by atoms with E-state index in [0.29, 0.717) is 20.2 Å². The highest BCUT2D eigenvalue weighted by atomic mass is 79.9. The van der Waals surface area contributed by atoms with E-state index in [9.17, 15) is 9.90 Å². The summed E-state index contributed by atoms with van der Waals surface area (Å²) in [4.78, 5) is 13.0. The Morgan fingerprint density at radius 2 is 1.94 bits per heavy atom. The second kappa shape index (κ2) is 4.53. The number of aliphatic hydroxyl groups excluding tert-OH is 1. The zero-order valence-corrected chi connectivity index (χ0v) is 11.2. The Kier molecular flexibility index (Phi) is 3.45. The average Bonchev–Trinajstić information content (AvgIpc) is 2.53. The summed E-state index contributed by atoms with van der Waals surface area (Å²) in [7, 11) is 0. The highest BCUT2D eigenvalue weighted by molar-refractivity contribution is 9.10. The van der Waals surface area contributed by atoms with Crippen molar-refractivity contribution in [3.63, 3.8) is 0 Å². The third kappa shape index (κ3) is 2.20. The summed E-state index contributed by atoms with van der Waals surface area (Å²) < 4.78 is 0.603. The standard InChI is InChI=1S/C10H8BrCl2NO2/c11-10-7(12)1-5(2-8(10)13)14-4-6(15)3-9(14)16/h1-2,6,15H,3-4H2. The highest BCUT2D eigenvalue weighted by Gasteiger charge is 2.29. The minimum absolute atomic E-state index is 0.123. The van der Waals surface area contributed by atoms with E-state index in [1.165, 1.54) is 4.90 Å². The number of amides is 1. The van der Waals surface area contributed by atoms with Gasteiger partial charge in [-0.2, -0.15) is 0 Å². The molecule has 16 heavy (non-hydrogen) atoms. The number of hydrogen-bond donors (Lipinski definition) is 1. The molecule has 1 saturated heterocycles. The molecule has 1 aliphatic rings. The molecule has 1 fully saturated rings. The molecule has 1 aliphatic heterocycles. The zero-order chi connectivity index (χ0) is 11.9. The van der Waals surface area contributed by atoms with Gasteiger partial charge >= 0.3 is 0 Å². The number of nitrogens with zero attached hydrogens (tertiary/aromatic N) is 1. The molecule has 1 heterocycles. The maximum absolute atomic E-state index is 11.6. The molecule has 1 N–H and O–H groups in total. The van der Waals surface area contributed by atoms with Crippen LogP contribution in [0.1, 0.15) is 6.42 Å². The largest absolute Gasteiger partial charge is 0.391 e. The minimum Gasteiger partial charge on any atom is -0.391 e. The molecule has 2 rings (SSSR count). The summed E-state index contributed by atoms with van der Waals surface area (Å²) in [6.07, 6.45) is -0.473. The average molecular weight is 325 g/mol.